The van der Waals surface area contributed by atoms with Crippen LogP contribution in [0.2, 0.25) is 0 Å². The number of halogens is 1. The molecule has 21 heavy (non-hydrogen) atoms. The summed E-state index contributed by atoms with van der Waals surface area (Å²) in [6.07, 6.45) is 0. The molecule has 120 valence electrons. The fourth-order valence-corrected chi connectivity index (χ4v) is 3.44. The van der Waals surface area contributed by atoms with E-state index in [0.717, 1.165) is 0 Å². The summed E-state index contributed by atoms with van der Waals surface area (Å²) in [7, 11) is -2.09. The van der Waals surface area contributed by atoms with E-state index in [9.17, 15) is 12.8 Å². The topological polar surface area (TPSA) is 58.6 Å². The Balaban J connectivity index is 2.99. The lowest BCUT2D eigenvalue weighted by Crippen LogP contribution is -2.34. The molecule has 0 unspecified atom stereocenters. The Morgan fingerprint density at radius 3 is 2.57 bits per heavy atom. The van der Waals surface area contributed by atoms with Crippen molar-refractivity contribution in [3.63, 3.8) is 0 Å². The molecule has 0 saturated carbocycles. The van der Waals surface area contributed by atoms with Crippen LogP contribution in [0.5, 0.6) is 0 Å². The second kappa shape index (κ2) is 8.43. The average Bonchev–Trinajstić information content (AvgIpc) is 2.43. The Morgan fingerprint density at radius 2 is 2.05 bits per heavy atom. The Kier molecular flexibility index (Phi) is 7.24. The summed E-state index contributed by atoms with van der Waals surface area (Å²) >= 11 is 0. The lowest BCUT2D eigenvalue weighted by atomic mass is 10.2. The van der Waals surface area contributed by atoms with Crippen molar-refractivity contribution in [3.8, 4) is 0 Å². The Morgan fingerprint density at radius 1 is 1.33 bits per heavy atom. The molecule has 0 heterocycles. The second-order valence-electron chi connectivity index (χ2n) is 4.49. The van der Waals surface area contributed by atoms with Crippen LogP contribution < -0.4 is 5.32 Å². The van der Waals surface area contributed by atoms with Crippen LogP contribution in [0.3, 0.4) is 0 Å². The molecule has 0 spiro atoms. The number of ether oxygens (including phenoxy) is 1. The highest BCUT2D eigenvalue weighted by Gasteiger charge is 2.26. The van der Waals surface area contributed by atoms with Crippen molar-refractivity contribution < 1.29 is 17.5 Å². The van der Waals surface area contributed by atoms with Crippen molar-refractivity contribution in [2.24, 2.45) is 0 Å². The molecule has 7 heteroatoms. The van der Waals surface area contributed by atoms with Gasteiger partial charge in [0.05, 0.1) is 6.61 Å². The van der Waals surface area contributed by atoms with Gasteiger partial charge in [-0.3, -0.25) is 0 Å². The van der Waals surface area contributed by atoms with Crippen LogP contribution in [-0.4, -0.2) is 46.1 Å². The molecule has 0 aromatic heterocycles. The minimum atomic E-state index is -3.84. The molecule has 1 aromatic carbocycles. The van der Waals surface area contributed by atoms with Crippen molar-refractivity contribution in [3.05, 3.63) is 29.6 Å². The van der Waals surface area contributed by atoms with E-state index < -0.39 is 15.8 Å². The third kappa shape index (κ3) is 4.74. The number of hydrogen-bond acceptors (Lipinski definition) is 4. The molecular weight excluding hydrogens is 295 g/mol. The van der Waals surface area contributed by atoms with E-state index in [4.69, 9.17) is 4.74 Å². The SMILES string of the molecule is CCOCCN(CC)S(=O)(=O)c1ccc(CNC)cc1F. The largest absolute Gasteiger partial charge is 0.380 e. The molecule has 0 aliphatic heterocycles. The Hall–Kier alpha value is -1.02. The van der Waals surface area contributed by atoms with Crippen molar-refractivity contribution in [2.45, 2.75) is 25.3 Å². The quantitative estimate of drug-likeness (QED) is 0.703. The average molecular weight is 318 g/mol. The number of nitrogens with one attached hydrogen (secondary N) is 1. The first kappa shape index (κ1) is 18.0. The number of benzene rings is 1. The van der Waals surface area contributed by atoms with Crippen molar-refractivity contribution >= 4 is 10.0 Å². The molecule has 1 rings (SSSR count). The Bertz CT molecular complexity index is 549. The molecule has 0 amide bonds. The van der Waals surface area contributed by atoms with E-state index in [2.05, 4.69) is 5.32 Å². The lowest BCUT2D eigenvalue weighted by Gasteiger charge is -2.20. The molecule has 1 aromatic rings. The van der Waals surface area contributed by atoms with Crippen molar-refractivity contribution in [1.29, 1.82) is 0 Å². The summed E-state index contributed by atoms with van der Waals surface area (Å²) in [6.45, 7) is 5.34. The summed E-state index contributed by atoms with van der Waals surface area (Å²) in [4.78, 5) is -0.291. The maximum Gasteiger partial charge on any atom is 0.246 e. The first-order valence-electron chi connectivity index (χ1n) is 6.98. The molecule has 0 aliphatic carbocycles. The van der Waals surface area contributed by atoms with Gasteiger partial charge in [0.2, 0.25) is 10.0 Å². The predicted molar refractivity (Wildman–Crippen MR) is 80.1 cm³/mol. The third-order valence-corrected chi connectivity index (χ3v) is 5.04. The molecular formula is C14H23FN2O3S. The van der Waals surface area contributed by atoms with Gasteiger partial charge in [0, 0.05) is 26.2 Å². The molecule has 0 atom stereocenters. The number of hydrogen-bond donors (Lipinski definition) is 1. The highest BCUT2D eigenvalue weighted by atomic mass is 32.2. The summed E-state index contributed by atoms with van der Waals surface area (Å²) in [5, 5.41) is 2.89. The zero-order valence-electron chi connectivity index (χ0n) is 12.7. The van der Waals surface area contributed by atoms with Crippen LogP contribution in [0.15, 0.2) is 23.1 Å². The summed E-state index contributed by atoms with van der Waals surface area (Å²) in [5.74, 6) is -0.724. The minimum absolute atomic E-state index is 0.213. The van der Waals surface area contributed by atoms with E-state index >= 15 is 0 Å². The zero-order chi connectivity index (χ0) is 15.9. The van der Waals surface area contributed by atoms with Gasteiger partial charge in [-0.25, -0.2) is 12.8 Å². The van der Waals surface area contributed by atoms with Gasteiger partial charge < -0.3 is 10.1 Å². The van der Waals surface area contributed by atoms with Gasteiger partial charge in [-0.05, 0) is 31.7 Å². The van der Waals surface area contributed by atoms with E-state index in [1.807, 2.05) is 6.92 Å². The zero-order valence-corrected chi connectivity index (χ0v) is 13.5. The van der Waals surface area contributed by atoms with Gasteiger partial charge in [-0.2, -0.15) is 4.31 Å². The predicted octanol–water partition coefficient (Wildman–Crippen LogP) is 1.59. The monoisotopic (exact) mass is 318 g/mol. The van der Waals surface area contributed by atoms with Gasteiger partial charge in [-0.15, -0.1) is 0 Å². The summed E-state index contributed by atoms with van der Waals surface area (Å²) < 4.78 is 45.4. The van der Waals surface area contributed by atoms with Gasteiger partial charge in [0.15, 0.2) is 0 Å². The van der Waals surface area contributed by atoms with Crippen LogP contribution in [0.4, 0.5) is 4.39 Å². The lowest BCUT2D eigenvalue weighted by molar-refractivity contribution is 0.135. The standard InChI is InChI=1S/C14H23FN2O3S/c1-4-17(8-9-20-5-2)21(18,19)14-7-6-12(11-16-3)10-13(14)15/h6-7,10,16H,4-5,8-9,11H2,1-3H3. The van der Waals surface area contributed by atoms with E-state index in [1.165, 1.54) is 16.4 Å². The third-order valence-electron chi connectivity index (χ3n) is 3.04. The fourth-order valence-electron chi connectivity index (χ4n) is 1.97. The molecule has 0 bridgehead atoms. The van der Waals surface area contributed by atoms with E-state index in [0.29, 0.717) is 25.3 Å². The van der Waals surface area contributed by atoms with Crippen LogP contribution in [0, 0.1) is 5.82 Å². The van der Waals surface area contributed by atoms with Crippen LogP contribution in [0.1, 0.15) is 19.4 Å². The van der Waals surface area contributed by atoms with Crippen molar-refractivity contribution in [1.82, 2.24) is 9.62 Å². The second-order valence-corrected chi connectivity index (χ2v) is 6.40. The van der Waals surface area contributed by atoms with Crippen LogP contribution in [0.25, 0.3) is 0 Å². The summed E-state index contributed by atoms with van der Waals surface area (Å²) in [6, 6.07) is 4.18. The van der Waals surface area contributed by atoms with Crippen LogP contribution in [-0.2, 0) is 21.3 Å². The molecule has 1 N–H and O–H groups in total. The van der Waals surface area contributed by atoms with Gasteiger partial charge in [0.1, 0.15) is 10.7 Å². The maximum absolute atomic E-state index is 14.1. The number of rotatable bonds is 9. The number of sulfonamides is 1. The maximum atomic E-state index is 14.1. The number of nitrogens with zero attached hydrogens (tertiary/aromatic N) is 1. The molecule has 0 aliphatic rings. The molecule has 0 radical (unpaired) electrons. The highest BCUT2D eigenvalue weighted by Crippen LogP contribution is 2.20. The van der Waals surface area contributed by atoms with E-state index in [-0.39, 0.29) is 18.0 Å². The first-order chi connectivity index (χ1) is 9.97. The molecule has 0 fully saturated rings. The minimum Gasteiger partial charge on any atom is -0.380 e. The van der Waals surface area contributed by atoms with Gasteiger partial charge in [-0.1, -0.05) is 13.0 Å². The van der Waals surface area contributed by atoms with E-state index in [1.54, 1.807) is 20.0 Å². The van der Waals surface area contributed by atoms with Crippen LogP contribution >= 0.6 is 0 Å². The molecule has 5 nitrogen and oxygen atoms in total. The number of likely N-dealkylation sites (N-methyl/N-ethyl adjacent to an activating group) is 1. The normalized spacial score (nSPS) is 12.0. The fraction of sp³-hybridized carbons (Fsp3) is 0.571. The van der Waals surface area contributed by atoms with Gasteiger partial charge >= 0.3 is 0 Å². The summed E-state index contributed by atoms with van der Waals surface area (Å²) in [5.41, 5.74) is 0.700. The molecule has 0 saturated heterocycles. The highest BCUT2D eigenvalue weighted by molar-refractivity contribution is 7.89. The van der Waals surface area contributed by atoms with Crippen molar-refractivity contribution in [2.75, 3.05) is 33.4 Å². The van der Waals surface area contributed by atoms with Gasteiger partial charge in [0.25, 0.3) is 0 Å². The first-order valence-corrected chi connectivity index (χ1v) is 8.42. The smallest absolute Gasteiger partial charge is 0.246 e. The Labute approximate surface area is 126 Å².